The molecule has 10 atom stereocenters. The molecule has 1 aromatic heterocycles. The summed E-state index contributed by atoms with van der Waals surface area (Å²) in [4.78, 5) is 97.3. The average molecular weight is 1070 g/mol. The van der Waals surface area contributed by atoms with Crippen molar-refractivity contribution in [3.63, 3.8) is 0 Å². The molecule has 1 aliphatic heterocycles. The summed E-state index contributed by atoms with van der Waals surface area (Å²) in [6.07, 6.45) is 8.68. The van der Waals surface area contributed by atoms with Crippen molar-refractivity contribution >= 4 is 46.8 Å². The number of hydrogen-bond donors (Lipinski definition) is 5. The molecule has 18 nitrogen and oxygen atoms in total. The molecule has 0 unspecified atom stereocenters. The Labute approximate surface area is 453 Å². The van der Waals surface area contributed by atoms with Gasteiger partial charge >= 0.3 is 0 Å². The molecule has 424 valence electrons. The highest BCUT2D eigenvalue weighted by Gasteiger charge is 2.43. The predicted molar refractivity (Wildman–Crippen MR) is 295 cm³/mol. The van der Waals surface area contributed by atoms with Gasteiger partial charge in [0.2, 0.25) is 35.4 Å². The molecule has 6 amide bonds. The number of nitrogens with one attached hydrogen (secondary N) is 4. The van der Waals surface area contributed by atoms with Gasteiger partial charge in [-0.3, -0.25) is 33.7 Å². The van der Waals surface area contributed by atoms with Crippen LogP contribution in [-0.2, 0) is 49.5 Å². The van der Waals surface area contributed by atoms with Crippen LogP contribution in [-0.4, -0.2) is 152 Å². The predicted octanol–water partition coefficient (Wildman–Crippen LogP) is 6.19. The number of carbonyl (C=O) groups excluding carboxylic acids is 6. The number of unbranched alkanes of at least 4 members (excludes halogenated alkanes) is 3. The molecule has 1 saturated heterocycles. The zero-order valence-electron chi connectivity index (χ0n) is 47.4. The topological polar surface area (TPSA) is 227 Å². The van der Waals surface area contributed by atoms with Crippen LogP contribution in [0.3, 0.4) is 0 Å². The number of aromatic nitrogens is 1. The Morgan fingerprint density at radius 2 is 1.57 bits per heavy atom. The van der Waals surface area contributed by atoms with Gasteiger partial charge in [0.1, 0.15) is 17.1 Å². The number of likely N-dealkylation sites (N-methyl/N-ethyl adjacent to an activating group) is 2. The number of methoxy groups -OCH3 is 2. The van der Waals surface area contributed by atoms with Gasteiger partial charge in [0.05, 0.1) is 55.3 Å². The first kappa shape index (κ1) is 64.8. The number of hydrogen-bond acceptors (Lipinski definition) is 13. The van der Waals surface area contributed by atoms with Crippen molar-refractivity contribution < 1.29 is 43.1 Å². The highest BCUT2D eigenvalue weighted by atomic mass is 32.1. The van der Waals surface area contributed by atoms with Gasteiger partial charge in [-0.05, 0) is 81.9 Å². The van der Waals surface area contributed by atoms with Crippen molar-refractivity contribution in [2.45, 2.75) is 187 Å². The molecule has 0 aliphatic carbocycles. The summed E-state index contributed by atoms with van der Waals surface area (Å²) in [5.74, 6) is 2.95. The first-order chi connectivity index (χ1) is 35.8. The van der Waals surface area contributed by atoms with E-state index in [1.54, 1.807) is 32.4 Å². The van der Waals surface area contributed by atoms with Gasteiger partial charge in [0.15, 0.2) is 0 Å². The van der Waals surface area contributed by atoms with Crippen LogP contribution in [0.5, 0.6) is 0 Å². The Morgan fingerprint density at radius 1 is 0.867 bits per heavy atom. The maximum Gasteiger partial charge on any atom is 0.245 e. The molecule has 1 aliphatic rings. The lowest BCUT2D eigenvalue weighted by molar-refractivity contribution is -0.148. The minimum atomic E-state index is -0.830. The molecule has 0 saturated carbocycles. The minimum Gasteiger partial charge on any atom is -0.379 e. The van der Waals surface area contributed by atoms with Crippen molar-refractivity contribution in [2.75, 3.05) is 54.6 Å². The van der Waals surface area contributed by atoms with Gasteiger partial charge in [-0.15, -0.1) is 11.3 Å². The second-order valence-electron chi connectivity index (χ2n) is 21.2. The standard InChI is InChI=1S/C56H95N9O9S/c1-13-24-42(60-46(66)28-23-33-74-57)53(69)58-29-20-15-16-21-31-63(9)49(38(5)6)54(70)62-48(37(3)4)56(71)64(10)50(39(7)14-2)45(72-11)36-47(67)65-32-22-27-44(65)51(73-12)40(8)52(68)61-43(55-59-30-34-75-55)35-41-25-18-17-19-26-41/h17-19,25-26,30,34,37-40,42-45,48-51H,13-16,20-24,27-29,31-33,35-36,57H2,1-12H3,(H,58,69)(H,60,66)(H,61,68)(H,62,70)/t39-,40+,42-,43-,44-,45+,48-,49-,50-,51+/m0/s1. The molecule has 6 N–H and O–H groups in total. The van der Waals surface area contributed by atoms with E-state index in [9.17, 15) is 28.8 Å². The highest BCUT2D eigenvalue weighted by molar-refractivity contribution is 7.09. The van der Waals surface area contributed by atoms with E-state index in [-0.39, 0.29) is 84.7 Å². The third kappa shape index (κ3) is 20.4. The van der Waals surface area contributed by atoms with Gasteiger partial charge in [0.25, 0.3) is 0 Å². The van der Waals surface area contributed by atoms with Crippen LogP contribution in [0.4, 0.5) is 0 Å². The number of amides is 6. The van der Waals surface area contributed by atoms with Crippen LogP contribution in [0.15, 0.2) is 41.9 Å². The summed E-state index contributed by atoms with van der Waals surface area (Å²) in [7, 11) is 6.85. The van der Waals surface area contributed by atoms with E-state index in [0.717, 1.165) is 49.1 Å². The molecule has 19 heteroatoms. The van der Waals surface area contributed by atoms with Crippen LogP contribution in [0.25, 0.3) is 0 Å². The van der Waals surface area contributed by atoms with Crippen LogP contribution in [0.1, 0.15) is 149 Å². The summed E-state index contributed by atoms with van der Waals surface area (Å²) >= 11 is 1.50. The van der Waals surface area contributed by atoms with E-state index >= 15 is 0 Å². The average Bonchev–Trinajstić information content (AvgIpc) is 4.11. The molecule has 75 heavy (non-hydrogen) atoms. The van der Waals surface area contributed by atoms with Crippen molar-refractivity contribution in [1.29, 1.82) is 0 Å². The maximum absolute atomic E-state index is 14.7. The number of likely N-dealkylation sites (tertiary alicyclic amines) is 1. The SMILES string of the molecule is CCC[C@H](NC(=O)CCCON)C(=O)NCCCCCCN(C)[C@H](C(=O)N[C@H](C(=O)N(C)[C@@H]([C@@H](C)CC)[C@@H](CC(=O)N1CCC[C@H]1[C@H](OC)[C@@H](C)C(=O)N[C@@H](Cc1ccccc1)c1nccs1)OC)C(C)C)C(C)C. The third-order valence-electron chi connectivity index (χ3n) is 14.8. The largest absolute Gasteiger partial charge is 0.379 e. The number of carbonyl (C=O) groups is 6. The molecular formula is C56H95N9O9S. The van der Waals surface area contributed by atoms with Gasteiger partial charge in [0, 0.05) is 52.4 Å². The monoisotopic (exact) mass is 1070 g/mol. The maximum atomic E-state index is 14.7. The summed E-state index contributed by atoms with van der Waals surface area (Å²) < 4.78 is 12.2. The molecule has 0 radical (unpaired) electrons. The zero-order valence-corrected chi connectivity index (χ0v) is 48.3. The van der Waals surface area contributed by atoms with Crippen LogP contribution >= 0.6 is 11.3 Å². The first-order valence-electron chi connectivity index (χ1n) is 27.6. The highest BCUT2D eigenvalue weighted by Crippen LogP contribution is 2.31. The van der Waals surface area contributed by atoms with Crippen molar-refractivity contribution in [1.82, 2.24) is 41.0 Å². The number of thiazole rings is 1. The van der Waals surface area contributed by atoms with Crippen LogP contribution < -0.4 is 27.2 Å². The number of ether oxygens (including phenoxy) is 2. The molecule has 0 spiro atoms. The fourth-order valence-electron chi connectivity index (χ4n) is 10.5. The summed E-state index contributed by atoms with van der Waals surface area (Å²) in [6, 6.07) is 6.93. The van der Waals surface area contributed by atoms with Gasteiger partial charge in [-0.2, -0.15) is 0 Å². The van der Waals surface area contributed by atoms with E-state index < -0.39 is 42.3 Å². The lowest BCUT2D eigenvalue weighted by Gasteiger charge is -2.41. The summed E-state index contributed by atoms with van der Waals surface area (Å²) in [6.45, 7) is 17.7. The second kappa shape index (κ2) is 34.3. The van der Waals surface area contributed by atoms with Gasteiger partial charge in [-0.1, -0.05) is 111 Å². The second-order valence-corrected chi connectivity index (χ2v) is 22.1. The van der Waals surface area contributed by atoms with Crippen molar-refractivity contribution in [3.8, 4) is 0 Å². The molecule has 0 bridgehead atoms. The van der Waals surface area contributed by atoms with Gasteiger partial charge in [-0.25, -0.2) is 10.9 Å². The number of rotatable bonds is 36. The lowest BCUT2D eigenvalue weighted by atomic mass is 9.89. The molecule has 1 aromatic carbocycles. The summed E-state index contributed by atoms with van der Waals surface area (Å²) in [5.41, 5.74) is 1.08. The van der Waals surface area contributed by atoms with E-state index in [4.69, 9.17) is 15.4 Å². The Morgan fingerprint density at radius 3 is 2.17 bits per heavy atom. The molecule has 2 aromatic rings. The first-order valence-corrected chi connectivity index (χ1v) is 28.5. The van der Waals surface area contributed by atoms with Crippen molar-refractivity contribution in [2.24, 2.45) is 29.6 Å². The Balaban J connectivity index is 1.63. The molecular weight excluding hydrogens is 975 g/mol. The Bertz CT molecular complexity index is 2000. The van der Waals surface area contributed by atoms with E-state index in [0.29, 0.717) is 51.7 Å². The number of benzene rings is 1. The lowest BCUT2D eigenvalue weighted by Crippen LogP contribution is -2.60. The molecule has 3 rings (SSSR count). The molecule has 2 heterocycles. The zero-order chi connectivity index (χ0) is 55.6. The van der Waals surface area contributed by atoms with Crippen LogP contribution in [0.2, 0.25) is 0 Å². The summed E-state index contributed by atoms with van der Waals surface area (Å²) in [5, 5.41) is 14.9. The van der Waals surface area contributed by atoms with E-state index in [2.05, 4.69) is 49.8 Å². The van der Waals surface area contributed by atoms with Gasteiger partial charge < -0.3 is 45.4 Å². The quantitative estimate of drug-likeness (QED) is 0.0380. The molecule has 1 fully saturated rings. The number of nitrogens with zero attached hydrogens (tertiary/aromatic N) is 4. The minimum absolute atomic E-state index is 0.0134. The Hall–Kier alpha value is -4.53. The fraction of sp³-hybridized carbons (Fsp3) is 0.732. The normalized spacial score (nSPS) is 17.4. The smallest absolute Gasteiger partial charge is 0.245 e. The van der Waals surface area contributed by atoms with E-state index in [1.165, 1.54) is 11.3 Å². The van der Waals surface area contributed by atoms with E-state index in [1.807, 2.05) is 89.2 Å². The van der Waals surface area contributed by atoms with Crippen molar-refractivity contribution in [3.05, 3.63) is 52.5 Å². The van der Waals surface area contributed by atoms with Crippen LogP contribution in [0, 0.1) is 23.7 Å². The number of nitrogens with two attached hydrogens (primary N) is 1. The third-order valence-corrected chi connectivity index (χ3v) is 15.7. The Kier molecular flexibility index (Phi) is 29.6. The fourth-order valence-corrected chi connectivity index (χ4v) is 11.2.